The van der Waals surface area contributed by atoms with Crippen molar-refractivity contribution in [2.24, 2.45) is 0 Å². The Balaban J connectivity index is 1.84. The molecule has 0 aliphatic carbocycles. The normalized spacial score (nSPS) is 12.1. The quantitative estimate of drug-likeness (QED) is 0.346. The van der Waals surface area contributed by atoms with Gasteiger partial charge >= 0.3 is 0 Å². The second-order valence-electron chi connectivity index (χ2n) is 7.99. The van der Waals surface area contributed by atoms with Gasteiger partial charge in [-0.1, -0.05) is 64.5 Å². The molecule has 6 nitrogen and oxygen atoms in total. The molecule has 37 heavy (non-hydrogen) atoms. The summed E-state index contributed by atoms with van der Waals surface area (Å²) in [7, 11) is 0. The molecule has 1 N–H and O–H groups in total. The van der Waals surface area contributed by atoms with E-state index in [1.165, 1.54) is 4.57 Å². The molecule has 0 aliphatic heterocycles. The SMILES string of the molecule is CCOc1ccc(Br)cc1C=c1sc(=C(C#N)C(=O)NCCc2ccccc2)n(-c2ccccc2)c1=O. The standard InChI is InChI=1S/C29H24BrN3O3S/c1-2-36-25-14-13-22(30)17-21(25)18-26-28(35)33(23-11-7-4-8-12-23)29(37-26)24(19-31)27(34)32-16-15-20-9-5-3-6-10-20/h3-14,17-18H,2,15-16H2,1H3,(H,32,34). The van der Waals surface area contributed by atoms with E-state index < -0.39 is 5.91 Å². The molecule has 0 aliphatic rings. The zero-order chi connectivity index (χ0) is 26.2. The fraction of sp³-hybridized carbons (Fsp3) is 0.138. The molecule has 0 bridgehead atoms. The number of carbonyl (C=O) groups is 1. The van der Waals surface area contributed by atoms with Gasteiger partial charge in [0.25, 0.3) is 11.5 Å². The molecule has 0 fully saturated rings. The second kappa shape index (κ2) is 12.3. The van der Waals surface area contributed by atoms with E-state index in [2.05, 4.69) is 21.2 Å². The van der Waals surface area contributed by atoms with Crippen molar-refractivity contribution < 1.29 is 9.53 Å². The number of rotatable bonds is 8. The van der Waals surface area contributed by atoms with E-state index in [0.717, 1.165) is 21.4 Å². The van der Waals surface area contributed by atoms with Crippen LogP contribution in [0.1, 0.15) is 18.1 Å². The van der Waals surface area contributed by atoms with Crippen LogP contribution < -0.4 is 24.8 Å². The van der Waals surface area contributed by atoms with Crippen LogP contribution in [0.5, 0.6) is 5.75 Å². The van der Waals surface area contributed by atoms with Crippen LogP contribution in [0.2, 0.25) is 0 Å². The van der Waals surface area contributed by atoms with Gasteiger partial charge in [-0.25, -0.2) is 0 Å². The minimum Gasteiger partial charge on any atom is -0.493 e. The average molecular weight is 575 g/mol. The first-order valence-electron chi connectivity index (χ1n) is 11.7. The molecule has 4 rings (SSSR count). The van der Waals surface area contributed by atoms with E-state index in [1.807, 2.05) is 67.6 Å². The Bertz CT molecular complexity index is 1620. The molecule has 0 unspecified atom stereocenters. The number of halogens is 1. The lowest BCUT2D eigenvalue weighted by atomic mass is 10.1. The molecule has 1 amide bonds. The van der Waals surface area contributed by atoms with Gasteiger partial charge in [0.2, 0.25) is 0 Å². The third kappa shape index (κ3) is 6.26. The van der Waals surface area contributed by atoms with Gasteiger partial charge in [0.15, 0.2) is 5.57 Å². The number of thiazole rings is 1. The van der Waals surface area contributed by atoms with Crippen molar-refractivity contribution in [2.45, 2.75) is 13.3 Å². The summed E-state index contributed by atoms with van der Waals surface area (Å²) < 4.78 is 8.64. The van der Waals surface area contributed by atoms with Gasteiger partial charge in [0.1, 0.15) is 16.5 Å². The summed E-state index contributed by atoms with van der Waals surface area (Å²) in [6.07, 6.45) is 2.36. The summed E-state index contributed by atoms with van der Waals surface area (Å²) in [4.78, 5) is 26.7. The number of carbonyl (C=O) groups excluding carboxylic acids is 1. The average Bonchev–Trinajstić information content (AvgIpc) is 3.22. The highest BCUT2D eigenvalue weighted by Gasteiger charge is 2.17. The Labute approximate surface area is 226 Å². The molecule has 4 aromatic rings. The Morgan fingerprint density at radius 2 is 1.81 bits per heavy atom. The third-order valence-electron chi connectivity index (χ3n) is 5.49. The van der Waals surface area contributed by atoms with Crippen molar-refractivity contribution in [2.75, 3.05) is 13.2 Å². The molecule has 1 heterocycles. The topological polar surface area (TPSA) is 84.1 Å². The minimum absolute atomic E-state index is 0.113. The molecular formula is C29H24BrN3O3S. The zero-order valence-corrected chi connectivity index (χ0v) is 22.5. The molecule has 0 radical (unpaired) electrons. The van der Waals surface area contributed by atoms with Crippen molar-refractivity contribution in [1.29, 1.82) is 5.26 Å². The van der Waals surface area contributed by atoms with E-state index in [1.54, 1.807) is 30.3 Å². The minimum atomic E-state index is -0.520. The number of aromatic nitrogens is 1. The molecule has 1 aromatic heterocycles. The van der Waals surface area contributed by atoms with Crippen LogP contribution in [0.25, 0.3) is 17.3 Å². The Morgan fingerprint density at radius 3 is 2.49 bits per heavy atom. The largest absolute Gasteiger partial charge is 0.493 e. The first kappa shape index (κ1) is 26.1. The summed E-state index contributed by atoms with van der Waals surface area (Å²) in [5, 5.41) is 12.8. The molecular weight excluding hydrogens is 550 g/mol. The number of para-hydroxylation sites is 1. The van der Waals surface area contributed by atoms with Gasteiger partial charge in [-0.2, -0.15) is 5.26 Å². The highest BCUT2D eigenvalue weighted by Crippen LogP contribution is 2.24. The van der Waals surface area contributed by atoms with Crippen LogP contribution in [0.3, 0.4) is 0 Å². The molecule has 186 valence electrons. The van der Waals surface area contributed by atoms with Crippen LogP contribution in [-0.2, 0) is 11.2 Å². The molecule has 0 atom stereocenters. The van der Waals surface area contributed by atoms with Gasteiger partial charge in [0.05, 0.1) is 16.8 Å². The summed E-state index contributed by atoms with van der Waals surface area (Å²) in [6.45, 7) is 2.73. The van der Waals surface area contributed by atoms with Gasteiger partial charge in [-0.15, -0.1) is 11.3 Å². The molecule has 0 spiro atoms. The molecule has 0 saturated heterocycles. The van der Waals surface area contributed by atoms with E-state index in [-0.39, 0.29) is 15.8 Å². The van der Waals surface area contributed by atoms with Crippen molar-refractivity contribution in [3.63, 3.8) is 0 Å². The number of nitrogens with one attached hydrogen (secondary N) is 1. The maximum atomic E-state index is 13.6. The third-order valence-corrected chi connectivity index (χ3v) is 7.08. The lowest BCUT2D eigenvalue weighted by Crippen LogP contribution is -2.34. The van der Waals surface area contributed by atoms with Crippen molar-refractivity contribution >= 4 is 44.8 Å². The van der Waals surface area contributed by atoms with E-state index >= 15 is 0 Å². The predicted molar refractivity (Wildman–Crippen MR) is 150 cm³/mol. The van der Waals surface area contributed by atoms with E-state index in [0.29, 0.717) is 41.1 Å². The van der Waals surface area contributed by atoms with Gasteiger partial charge in [-0.3, -0.25) is 14.2 Å². The van der Waals surface area contributed by atoms with Crippen LogP contribution in [0, 0.1) is 11.3 Å². The summed E-state index contributed by atoms with van der Waals surface area (Å²) in [5.41, 5.74) is 1.93. The van der Waals surface area contributed by atoms with Crippen molar-refractivity contribution in [3.05, 3.63) is 114 Å². The van der Waals surface area contributed by atoms with Crippen LogP contribution in [-0.4, -0.2) is 23.6 Å². The number of nitriles is 1. The number of nitrogens with zero attached hydrogens (tertiary/aromatic N) is 2. The fourth-order valence-corrected chi connectivity index (χ4v) is 5.24. The van der Waals surface area contributed by atoms with E-state index in [9.17, 15) is 14.9 Å². The molecule has 8 heteroatoms. The van der Waals surface area contributed by atoms with Crippen LogP contribution in [0.15, 0.2) is 88.1 Å². The summed E-state index contributed by atoms with van der Waals surface area (Å²) in [6, 6.07) is 26.4. The number of hydrogen-bond acceptors (Lipinski definition) is 5. The van der Waals surface area contributed by atoms with Gasteiger partial charge < -0.3 is 10.1 Å². The summed E-state index contributed by atoms with van der Waals surface area (Å²) >= 11 is 4.58. The Morgan fingerprint density at radius 1 is 1.11 bits per heavy atom. The highest BCUT2D eigenvalue weighted by molar-refractivity contribution is 9.10. The number of ether oxygens (including phenoxy) is 1. The van der Waals surface area contributed by atoms with Gasteiger partial charge in [0, 0.05) is 16.6 Å². The maximum Gasteiger partial charge on any atom is 0.273 e. The van der Waals surface area contributed by atoms with Crippen LogP contribution in [0.4, 0.5) is 0 Å². The van der Waals surface area contributed by atoms with Crippen molar-refractivity contribution in [3.8, 4) is 17.5 Å². The highest BCUT2D eigenvalue weighted by atomic mass is 79.9. The lowest BCUT2D eigenvalue weighted by Gasteiger charge is -2.06. The van der Waals surface area contributed by atoms with Crippen molar-refractivity contribution in [1.82, 2.24) is 9.88 Å². The van der Waals surface area contributed by atoms with E-state index in [4.69, 9.17) is 4.74 Å². The number of amides is 1. The first-order valence-corrected chi connectivity index (χ1v) is 13.3. The monoisotopic (exact) mass is 573 g/mol. The predicted octanol–water partition coefficient (Wildman–Crippen LogP) is 3.92. The Hall–Kier alpha value is -3.93. The first-order chi connectivity index (χ1) is 18.0. The second-order valence-corrected chi connectivity index (χ2v) is 9.93. The lowest BCUT2D eigenvalue weighted by molar-refractivity contribution is -0.115. The number of benzene rings is 3. The maximum absolute atomic E-state index is 13.6. The Kier molecular flexibility index (Phi) is 8.72. The van der Waals surface area contributed by atoms with Gasteiger partial charge in [-0.05, 0) is 55.3 Å². The summed E-state index contributed by atoms with van der Waals surface area (Å²) in [5.74, 6) is 0.114. The zero-order valence-electron chi connectivity index (χ0n) is 20.1. The smallest absolute Gasteiger partial charge is 0.273 e. The molecule has 3 aromatic carbocycles. The number of hydrogen-bond donors (Lipinski definition) is 1. The fourth-order valence-electron chi connectivity index (χ4n) is 3.77. The molecule has 0 saturated carbocycles. The van der Waals surface area contributed by atoms with Crippen LogP contribution >= 0.6 is 27.3 Å².